The van der Waals surface area contributed by atoms with Gasteiger partial charge in [-0.15, -0.1) is 11.3 Å². The van der Waals surface area contributed by atoms with E-state index in [-0.39, 0.29) is 5.69 Å². The highest BCUT2D eigenvalue weighted by molar-refractivity contribution is 7.17. The van der Waals surface area contributed by atoms with Gasteiger partial charge in [-0.25, -0.2) is 9.78 Å². The molecule has 3 aromatic rings. The van der Waals surface area contributed by atoms with Gasteiger partial charge in [-0.2, -0.15) is 0 Å². The number of hydrogen-bond donors (Lipinski definition) is 1. The van der Waals surface area contributed by atoms with E-state index < -0.39 is 5.97 Å². The molecule has 5 heteroatoms. The number of fused-ring (bicyclic) bond motifs is 1. The number of carboxylic acid groups (broad SMARTS) is 1. The van der Waals surface area contributed by atoms with Gasteiger partial charge in [-0.05, 0) is 32.8 Å². The summed E-state index contributed by atoms with van der Waals surface area (Å²) in [6.07, 6.45) is 0.613. The van der Waals surface area contributed by atoms with Crippen LogP contribution in [0.3, 0.4) is 0 Å². The lowest BCUT2D eigenvalue weighted by molar-refractivity contribution is 0.0688. The number of aromatic carboxylic acids is 1. The van der Waals surface area contributed by atoms with Crippen LogP contribution in [-0.4, -0.2) is 20.5 Å². The molecule has 0 bridgehead atoms. The van der Waals surface area contributed by atoms with Crippen molar-refractivity contribution in [3.63, 3.8) is 0 Å². The summed E-state index contributed by atoms with van der Waals surface area (Å²) >= 11 is 1.54. The second kappa shape index (κ2) is 5.25. The largest absolute Gasteiger partial charge is 0.477 e. The summed E-state index contributed by atoms with van der Waals surface area (Å²) in [5, 5.41) is 9.62. The van der Waals surface area contributed by atoms with Gasteiger partial charge >= 0.3 is 5.97 Å². The first-order chi connectivity index (χ1) is 10.4. The molecule has 1 aromatic carbocycles. The van der Waals surface area contributed by atoms with Crippen molar-refractivity contribution in [1.82, 2.24) is 9.38 Å². The maximum absolute atomic E-state index is 11.7. The van der Waals surface area contributed by atoms with Gasteiger partial charge in [0, 0.05) is 10.4 Å². The maximum Gasteiger partial charge on any atom is 0.354 e. The molecule has 0 amide bonds. The predicted octanol–water partition coefficient (Wildman–Crippen LogP) is 4.25. The molecule has 2 heterocycles. The monoisotopic (exact) mass is 314 g/mol. The van der Waals surface area contributed by atoms with Gasteiger partial charge in [-0.1, -0.05) is 30.7 Å². The van der Waals surface area contributed by atoms with E-state index >= 15 is 0 Å². The number of aromatic nitrogens is 2. The average molecular weight is 314 g/mol. The van der Waals surface area contributed by atoms with Gasteiger partial charge < -0.3 is 5.11 Å². The van der Waals surface area contributed by atoms with E-state index in [0.717, 1.165) is 26.7 Å². The minimum absolute atomic E-state index is 0.289. The van der Waals surface area contributed by atoms with Crippen molar-refractivity contribution in [3.8, 4) is 11.3 Å². The molecular weight excluding hydrogens is 296 g/mol. The number of hydrogen-bond acceptors (Lipinski definition) is 3. The Balaban J connectivity index is 2.40. The molecule has 1 N–H and O–H groups in total. The third kappa shape index (κ3) is 2.13. The lowest BCUT2D eigenvalue weighted by Crippen LogP contribution is -2.06. The van der Waals surface area contributed by atoms with E-state index in [1.54, 1.807) is 15.7 Å². The number of aryl methyl sites for hydroxylation is 4. The Morgan fingerprint density at radius 3 is 2.64 bits per heavy atom. The Bertz CT molecular complexity index is 890. The fourth-order valence-corrected chi connectivity index (χ4v) is 3.92. The van der Waals surface area contributed by atoms with E-state index in [0.29, 0.717) is 12.1 Å². The quantitative estimate of drug-likeness (QED) is 0.786. The molecule has 114 valence electrons. The molecule has 0 atom stereocenters. The lowest BCUT2D eigenvalue weighted by atomic mass is 10.0. The Morgan fingerprint density at radius 2 is 2.05 bits per heavy atom. The van der Waals surface area contributed by atoms with Gasteiger partial charge in [0.2, 0.25) is 0 Å². The summed E-state index contributed by atoms with van der Waals surface area (Å²) < 4.78 is 1.80. The predicted molar refractivity (Wildman–Crippen MR) is 89.1 cm³/mol. The second-order valence-electron chi connectivity index (χ2n) is 5.51. The van der Waals surface area contributed by atoms with Crippen molar-refractivity contribution in [3.05, 3.63) is 45.6 Å². The molecular formula is C17H18N2O2S. The van der Waals surface area contributed by atoms with Crippen LogP contribution in [0.4, 0.5) is 0 Å². The SMILES string of the molecule is CCc1nc2sc(C)c(-c3ccc(C)cc3C)n2c1C(=O)O. The molecule has 22 heavy (non-hydrogen) atoms. The Hall–Kier alpha value is -2.14. The molecule has 4 nitrogen and oxygen atoms in total. The van der Waals surface area contributed by atoms with E-state index in [1.165, 1.54) is 5.56 Å². The molecule has 0 radical (unpaired) electrons. The van der Waals surface area contributed by atoms with E-state index in [9.17, 15) is 9.90 Å². The van der Waals surface area contributed by atoms with Gasteiger partial charge in [0.1, 0.15) is 0 Å². The highest BCUT2D eigenvalue weighted by Gasteiger charge is 2.24. The topological polar surface area (TPSA) is 54.6 Å². The molecule has 0 aliphatic rings. The van der Waals surface area contributed by atoms with Crippen molar-refractivity contribution < 1.29 is 9.90 Å². The molecule has 2 aromatic heterocycles. The first kappa shape index (κ1) is 14.8. The summed E-state index contributed by atoms with van der Waals surface area (Å²) in [5.74, 6) is -0.923. The molecule has 0 fully saturated rings. The van der Waals surface area contributed by atoms with Gasteiger partial charge in [0.25, 0.3) is 0 Å². The van der Waals surface area contributed by atoms with Crippen LogP contribution in [0.2, 0.25) is 0 Å². The van der Waals surface area contributed by atoms with E-state index in [1.807, 2.05) is 13.8 Å². The average Bonchev–Trinajstić information content (AvgIpc) is 2.93. The van der Waals surface area contributed by atoms with Crippen LogP contribution in [0, 0.1) is 20.8 Å². The van der Waals surface area contributed by atoms with Crippen molar-refractivity contribution in [1.29, 1.82) is 0 Å². The third-order valence-corrected chi connectivity index (χ3v) is 4.85. The minimum atomic E-state index is -0.923. The number of thiazole rings is 1. The molecule has 0 unspecified atom stereocenters. The van der Waals surface area contributed by atoms with E-state index in [4.69, 9.17) is 0 Å². The summed E-state index contributed by atoms with van der Waals surface area (Å²) in [6.45, 7) is 8.07. The van der Waals surface area contributed by atoms with Gasteiger partial charge in [0.05, 0.1) is 11.4 Å². The van der Waals surface area contributed by atoms with Crippen LogP contribution in [0.25, 0.3) is 16.2 Å². The highest BCUT2D eigenvalue weighted by Crippen LogP contribution is 2.35. The fourth-order valence-electron chi connectivity index (χ4n) is 2.92. The first-order valence-electron chi connectivity index (χ1n) is 7.25. The van der Waals surface area contributed by atoms with Crippen LogP contribution < -0.4 is 0 Å². The Morgan fingerprint density at radius 1 is 1.32 bits per heavy atom. The van der Waals surface area contributed by atoms with Crippen molar-refractivity contribution >= 4 is 22.3 Å². The van der Waals surface area contributed by atoms with Crippen LogP contribution in [0.5, 0.6) is 0 Å². The smallest absolute Gasteiger partial charge is 0.354 e. The number of carbonyl (C=O) groups is 1. The second-order valence-corrected chi connectivity index (χ2v) is 6.69. The van der Waals surface area contributed by atoms with Gasteiger partial charge in [0.15, 0.2) is 10.7 Å². The number of imidazole rings is 1. The summed E-state index contributed by atoms with van der Waals surface area (Å²) in [5.41, 5.74) is 5.29. The zero-order valence-corrected chi connectivity index (χ0v) is 13.9. The lowest BCUT2D eigenvalue weighted by Gasteiger charge is -2.09. The Kier molecular flexibility index (Phi) is 3.53. The number of benzene rings is 1. The van der Waals surface area contributed by atoms with Crippen molar-refractivity contribution in [2.45, 2.75) is 34.1 Å². The number of rotatable bonds is 3. The zero-order chi connectivity index (χ0) is 16.0. The van der Waals surface area contributed by atoms with E-state index in [2.05, 4.69) is 37.0 Å². The number of carboxylic acids is 1. The number of nitrogens with zero attached hydrogens (tertiary/aromatic N) is 2. The normalized spacial score (nSPS) is 11.3. The highest BCUT2D eigenvalue weighted by atomic mass is 32.1. The molecule has 0 saturated heterocycles. The molecule has 0 saturated carbocycles. The molecule has 0 aliphatic carbocycles. The van der Waals surface area contributed by atoms with Crippen molar-refractivity contribution in [2.24, 2.45) is 0 Å². The van der Waals surface area contributed by atoms with Crippen molar-refractivity contribution in [2.75, 3.05) is 0 Å². The third-order valence-electron chi connectivity index (χ3n) is 3.89. The molecule has 0 spiro atoms. The fraction of sp³-hybridized carbons (Fsp3) is 0.294. The van der Waals surface area contributed by atoms with Crippen LogP contribution >= 0.6 is 11.3 Å². The summed E-state index contributed by atoms with van der Waals surface area (Å²) in [6, 6.07) is 6.25. The summed E-state index contributed by atoms with van der Waals surface area (Å²) in [4.78, 5) is 18.1. The van der Waals surface area contributed by atoms with Gasteiger partial charge in [-0.3, -0.25) is 4.40 Å². The maximum atomic E-state index is 11.7. The first-order valence-corrected chi connectivity index (χ1v) is 8.07. The molecule has 3 rings (SSSR count). The van der Waals surface area contributed by atoms with Crippen LogP contribution in [0.15, 0.2) is 18.2 Å². The van der Waals surface area contributed by atoms with Crippen LogP contribution in [0.1, 0.15) is 39.1 Å². The Labute approximate surface area is 133 Å². The standard InChI is InChI=1S/C17H18N2O2S/c1-5-13-15(16(20)21)19-14(11(4)22-17(19)18-13)12-7-6-9(2)8-10(12)3/h6-8H,5H2,1-4H3,(H,20,21). The zero-order valence-electron chi connectivity index (χ0n) is 13.1. The summed E-state index contributed by atoms with van der Waals surface area (Å²) in [7, 11) is 0. The molecule has 0 aliphatic heterocycles. The minimum Gasteiger partial charge on any atom is -0.477 e. The van der Waals surface area contributed by atoms with Crippen LogP contribution in [-0.2, 0) is 6.42 Å².